The largest absolute Gasteiger partial charge is 0.392 e. The Morgan fingerprint density at radius 1 is 1.33 bits per heavy atom. The lowest BCUT2D eigenvalue weighted by atomic mass is 9.74. The van der Waals surface area contributed by atoms with Crippen molar-refractivity contribution in [2.75, 3.05) is 7.05 Å². The molecule has 0 radical (unpaired) electrons. The van der Waals surface area contributed by atoms with Gasteiger partial charge in [-0.2, -0.15) is 0 Å². The quantitative estimate of drug-likeness (QED) is 0.681. The van der Waals surface area contributed by atoms with E-state index in [4.69, 9.17) is 0 Å². The van der Waals surface area contributed by atoms with Gasteiger partial charge in [-0.15, -0.1) is 0 Å². The van der Waals surface area contributed by atoms with Gasteiger partial charge in [-0.3, -0.25) is 0 Å². The third kappa shape index (κ3) is 1.82. The highest BCUT2D eigenvalue weighted by molar-refractivity contribution is 5.12. The molecule has 0 amide bonds. The van der Waals surface area contributed by atoms with E-state index in [1.54, 1.807) is 5.57 Å². The second-order valence-corrected chi connectivity index (χ2v) is 4.04. The molecule has 1 aliphatic carbocycles. The maximum absolute atomic E-state index is 3.23. The minimum atomic E-state index is 0.784. The Labute approximate surface area is 76.2 Å². The van der Waals surface area contributed by atoms with Crippen LogP contribution in [-0.4, -0.2) is 7.05 Å². The smallest absolute Gasteiger partial charge is 0.00643 e. The summed E-state index contributed by atoms with van der Waals surface area (Å²) in [6.07, 6.45) is 4.33. The van der Waals surface area contributed by atoms with Crippen molar-refractivity contribution in [2.24, 2.45) is 11.8 Å². The first-order valence-corrected chi connectivity index (χ1v) is 5.02. The van der Waals surface area contributed by atoms with Crippen LogP contribution in [-0.2, 0) is 0 Å². The molecule has 12 heavy (non-hydrogen) atoms. The van der Waals surface area contributed by atoms with Crippen molar-refractivity contribution in [3.05, 3.63) is 11.3 Å². The summed E-state index contributed by atoms with van der Waals surface area (Å²) in [4.78, 5) is 0. The molecular weight excluding hydrogens is 146 g/mol. The third-order valence-electron chi connectivity index (χ3n) is 3.51. The molecule has 1 atom stereocenters. The molecule has 1 rings (SSSR count). The van der Waals surface area contributed by atoms with Gasteiger partial charge in [0.1, 0.15) is 0 Å². The fourth-order valence-corrected chi connectivity index (χ4v) is 1.83. The van der Waals surface area contributed by atoms with Crippen LogP contribution in [0.15, 0.2) is 11.3 Å². The van der Waals surface area contributed by atoms with Gasteiger partial charge in [-0.1, -0.05) is 18.9 Å². The van der Waals surface area contributed by atoms with E-state index in [0.29, 0.717) is 0 Å². The molecule has 70 valence electrons. The maximum atomic E-state index is 3.23. The first-order chi connectivity index (χ1) is 5.66. The van der Waals surface area contributed by atoms with Crippen LogP contribution in [0.4, 0.5) is 0 Å². The summed E-state index contributed by atoms with van der Waals surface area (Å²) in [7, 11) is 2.01. The highest BCUT2D eigenvalue weighted by Crippen LogP contribution is 2.37. The highest BCUT2D eigenvalue weighted by Gasteiger charge is 2.25. The maximum Gasteiger partial charge on any atom is 0.00643 e. The summed E-state index contributed by atoms with van der Waals surface area (Å²) >= 11 is 0. The Bertz CT molecular complexity index is 177. The van der Waals surface area contributed by atoms with Crippen molar-refractivity contribution in [1.82, 2.24) is 5.32 Å². The zero-order valence-electron chi connectivity index (χ0n) is 8.78. The average Bonchev–Trinajstić information content (AvgIpc) is 1.98. The van der Waals surface area contributed by atoms with Crippen LogP contribution in [0.2, 0.25) is 0 Å². The Morgan fingerprint density at radius 2 is 1.92 bits per heavy atom. The molecule has 1 fully saturated rings. The zero-order chi connectivity index (χ0) is 9.14. The number of hydrogen-bond acceptors (Lipinski definition) is 1. The van der Waals surface area contributed by atoms with Gasteiger partial charge in [0.25, 0.3) is 0 Å². The van der Waals surface area contributed by atoms with E-state index in [9.17, 15) is 0 Å². The normalized spacial score (nSPS) is 22.7. The lowest BCUT2D eigenvalue weighted by Gasteiger charge is -2.32. The fraction of sp³-hybridized carbons (Fsp3) is 0.818. The van der Waals surface area contributed by atoms with Crippen LogP contribution in [0, 0.1) is 11.8 Å². The second-order valence-electron chi connectivity index (χ2n) is 4.04. The monoisotopic (exact) mass is 167 g/mol. The Hall–Kier alpha value is -0.460. The van der Waals surface area contributed by atoms with Crippen LogP contribution in [0.3, 0.4) is 0 Å². The van der Waals surface area contributed by atoms with Crippen molar-refractivity contribution in [3.8, 4) is 0 Å². The van der Waals surface area contributed by atoms with Gasteiger partial charge >= 0.3 is 0 Å². The van der Waals surface area contributed by atoms with E-state index in [1.807, 2.05) is 7.05 Å². The van der Waals surface area contributed by atoms with Crippen molar-refractivity contribution < 1.29 is 0 Å². The standard InChI is InChI=1S/C11H21N/c1-8(10(3)12-4)9(2)11-6-5-7-11/h9,11-12H,5-7H2,1-4H3/b10-8+. The molecule has 0 aromatic rings. The summed E-state index contributed by atoms with van der Waals surface area (Å²) in [5, 5.41) is 3.23. The highest BCUT2D eigenvalue weighted by atomic mass is 14.8. The molecule has 1 heteroatoms. The molecule has 0 bridgehead atoms. The lowest BCUT2D eigenvalue weighted by molar-refractivity contribution is 0.245. The Morgan fingerprint density at radius 3 is 2.25 bits per heavy atom. The van der Waals surface area contributed by atoms with Crippen LogP contribution < -0.4 is 5.32 Å². The van der Waals surface area contributed by atoms with E-state index in [-0.39, 0.29) is 0 Å². The van der Waals surface area contributed by atoms with Gasteiger partial charge < -0.3 is 5.32 Å². The van der Waals surface area contributed by atoms with Crippen molar-refractivity contribution in [1.29, 1.82) is 0 Å². The minimum absolute atomic E-state index is 0.784. The van der Waals surface area contributed by atoms with Crippen LogP contribution in [0.5, 0.6) is 0 Å². The van der Waals surface area contributed by atoms with Crippen molar-refractivity contribution in [2.45, 2.75) is 40.0 Å². The third-order valence-corrected chi connectivity index (χ3v) is 3.51. The van der Waals surface area contributed by atoms with Gasteiger partial charge in [-0.25, -0.2) is 0 Å². The van der Waals surface area contributed by atoms with Gasteiger partial charge in [0, 0.05) is 12.7 Å². The molecule has 1 aliphatic rings. The number of nitrogens with one attached hydrogen (secondary N) is 1. The van der Waals surface area contributed by atoms with Gasteiger partial charge in [0.05, 0.1) is 0 Å². The topological polar surface area (TPSA) is 12.0 Å². The summed E-state index contributed by atoms with van der Waals surface area (Å²) in [6, 6.07) is 0. The molecule has 0 spiro atoms. The Balaban J connectivity index is 2.55. The van der Waals surface area contributed by atoms with Crippen molar-refractivity contribution >= 4 is 0 Å². The van der Waals surface area contributed by atoms with Gasteiger partial charge in [-0.05, 0) is 38.5 Å². The predicted molar refractivity (Wildman–Crippen MR) is 53.9 cm³/mol. The number of allylic oxidation sites excluding steroid dienone is 2. The average molecular weight is 167 g/mol. The van der Waals surface area contributed by atoms with E-state index in [0.717, 1.165) is 11.8 Å². The van der Waals surface area contributed by atoms with E-state index in [2.05, 4.69) is 26.1 Å². The summed E-state index contributed by atoms with van der Waals surface area (Å²) in [5.74, 6) is 1.75. The van der Waals surface area contributed by atoms with Crippen LogP contribution in [0.25, 0.3) is 0 Å². The molecule has 1 unspecified atom stereocenters. The Kier molecular flexibility index (Phi) is 3.19. The molecule has 0 saturated heterocycles. The summed E-state index contributed by atoms with van der Waals surface area (Å²) in [6.45, 7) is 6.79. The van der Waals surface area contributed by atoms with E-state index >= 15 is 0 Å². The molecule has 0 aliphatic heterocycles. The zero-order valence-corrected chi connectivity index (χ0v) is 8.78. The number of rotatable bonds is 3. The van der Waals surface area contributed by atoms with E-state index in [1.165, 1.54) is 25.0 Å². The van der Waals surface area contributed by atoms with Crippen LogP contribution in [0.1, 0.15) is 40.0 Å². The van der Waals surface area contributed by atoms with Gasteiger partial charge in [0.2, 0.25) is 0 Å². The molecule has 0 aromatic heterocycles. The van der Waals surface area contributed by atoms with Crippen LogP contribution >= 0.6 is 0 Å². The van der Waals surface area contributed by atoms with E-state index < -0.39 is 0 Å². The van der Waals surface area contributed by atoms with Gasteiger partial charge in [0.15, 0.2) is 0 Å². The lowest BCUT2D eigenvalue weighted by Crippen LogP contribution is -2.22. The molecule has 0 aromatic carbocycles. The van der Waals surface area contributed by atoms with Crippen molar-refractivity contribution in [3.63, 3.8) is 0 Å². The second kappa shape index (κ2) is 3.97. The molecule has 1 N–H and O–H groups in total. The first kappa shape index (κ1) is 9.63. The first-order valence-electron chi connectivity index (χ1n) is 5.02. The molecule has 0 heterocycles. The minimum Gasteiger partial charge on any atom is -0.392 e. The molecule has 1 saturated carbocycles. The summed E-state index contributed by atoms with van der Waals surface area (Å²) in [5.41, 5.74) is 2.90. The predicted octanol–water partition coefficient (Wildman–Crippen LogP) is 2.94. The molecule has 1 nitrogen and oxygen atoms in total. The summed E-state index contributed by atoms with van der Waals surface area (Å²) < 4.78 is 0. The SMILES string of the molecule is CN/C(C)=C(\C)C(C)C1CCC1. The fourth-order valence-electron chi connectivity index (χ4n) is 1.83. The number of hydrogen-bond donors (Lipinski definition) is 1. The molecular formula is C11H21N.